The molecule has 2 aromatic carbocycles. The SMILES string of the molecule is Cc1nccn1Cc1ccc(C(=O)NCCSc2ccc(Cl)cc2)cc1. The summed E-state index contributed by atoms with van der Waals surface area (Å²) in [5.41, 5.74) is 1.81. The third-order valence-corrected chi connectivity index (χ3v) is 5.23. The first-order valence-corrected chi connectivity index (χ1v) is 9.71. The molecule has 0 aliphatic rings. The zero-order chi connectivity index (χ0) is 18.4. The molecule has 134 valence electrons. The van der Waals surface area contributed by atoms with Crippen molar-refractivity contribution in [3.05, 3.63) is 82.9 Å². The van der Waals surface area contributed by atoms with Gasteiger partial charge in [0.2, 0.25) is 0 Å². The van der Waals surface area contributed by atoms with Gasteiger partial charge < -0.3 is 9.88 Å². The van der Waals surface area contributed by atoms with Gasteiger partial charge in [-0.1, -0.05) is 23.7 Å². The van der Waals surface area contributed by atoms with Crippen molar-refractivity contribution in [2.75, 3.05) is 12.3 Å². The minimum atomic E-state index is -0.0490. The van der Waals surface area contributed by atoms with E-state index in [2.05, 4.69) is 14.9 Å². The maximum atomic E-state index is 12.2. The Bertz CT molecular complexity index is 860. The Labute approximate surface area is 162 Å². The van der Waals surface area contributed by atoms with E-state index in [9.17, 15) is 4.79 Å². The van der Waals surface area contributed by atoms with Gasteiger partial charge in [0.15, 0.2) is 0 Å². The largest absolute Gasteiger partial charge is 0.351 e. The monoisotopic (exact) mass is 385 g/mol. The molecule has 1 heterocycles. The fraction of sp³-hybridized carbons (Fsp3) is 0.200. The Morgan fingerprint density at radius 3 is 2.54 bits per heavy atom. The van der Waals surface area contributed by atoms with Crippen molar-refractivity contribution in [3.8, 4) is 0 Å². The number of carbonyl (C=O) groups excluding carboxylic acids is 1. The Balaban J connectivity index is 1.45. The Hall–Kier alpha value is -2.24. The van der Waals surface area contributed by atoms with Crippen LogP contribution in [0.4, 0.5) is 0 Å². The molecule has 3 aromatic rings. The number of imidazole rings is 1. The second-order valence-corrected chi connectivity index (χ2v) is 7.46. The number of carbonyl (C=O) groups is 1. The summed E-state index contributed by atoms with van der Waals surface area (Å²) in [5.74, 6) is 1.74. The van der Waals surface area contributed by atoms with Crippen LogP contribution in [0.25, 0.3) is 0 Å². The van der Waals surface area contributed by atoms with Gasteiger partial charge >= 0.3 is 0 Å². The van der Waals surface area contributed by atoms with Crippen LogP contribution in [0, 0.1) is 6.92 Å². The average molecular weight is 386 g/mol. The summed E-state index contributed by atoms with van der Waals surface area (Å²) in [6, 6.07) is 15.4. The van der Waals surface area contributed by atoms with E-state index in [1.54, 1.807) is 18.0 Å². The van der Waals surface area contributed by atoms with Crippen LogP contribution in [0.2, 0.25) is 5.02 Å². The highest BCUT2D eigenvalue weighted by atomic mass is 35.5. The number of aryl methyl sites for hydroxylation is 1. The average Bonchev–Trinajstić information content (AvgIpc) is 3.05. The fourth-order valence-electron chi connectivity index (χ4n) is 2.50. The van der Waals surface area contributed by atoms with Crippen molar-refractivity contribution < 1.29 is 4.79 Å². The third kappa shape index (κ3) is 5.13. The number of benzene rings is 2. The van der Waals surface area contributed by atoms with E-state index < -0.39 is 0 Å². The molecule has 1 amide bonds. The van der Waals surface area contributed by atoms with Gasteiger partial charge in [0, 0.05) is 46.7 Å². The zero-order valence-electron chi connectivity index (χ0n) is 14.5. The van der Waals surface area contributed by atoms with Crippen molar-refractivity contribution in [3.63, 3.8) is 0 Å². The molecule has 0 saturated carbocycles. The van der Waals surface area contributed by atoms with E-state index >= 15 is 0 Å². The molecule has 1 aromatic heterocycles. The van der Waals surface area contributed by atoms with Crippen LogP contribution in [0.5, 0.6) is 0 Å². The van der Waals surface area contributed by atoms with Crippen LogP contribution in [0.1, 0.15) is 21.7 Å². The molecule has 0 spiro atoms. The van der Waals surface area contributed by atoms with Gasteiger partial charge in [-0.2, -0.15) is 0 Å². The smallest absolute Gasteiger partial charge is 0.251 e. The van der Waals surface area contributed by atoms with Gasteiger partial charge in [0.25, 0.3) is 5.91 Å². The van der Waals surface area contributed by atoms with Gasteiger partial charge in [-0.25, -0.2) is 4.98 Å². The summed E-state index contributed by atoms with van der Waals surface area (Å²) in [4.78, 5) is 17.6. The molecule has 0 unspecified atom stereocenters. The number of rotatable bonds is 7. The number of hydrogen-bond donors (Lipinski definition) is 1. The van der Waals surface area contributed by atoms with E-state index in [0.717, 1.165) is 33.6 Å². The summed E-state index contributed by atoms with van der Waals surface area (Å²) < 4.78 is 2.07. The lowest BCUT2D eigenvalue weighted by Crippen LogP contribution is -2.25. The van der Waals surface area contributed by atoms with Crippen LogP contribution in [-0.4, -0.2) is 27.8 Å². The van der Waals surface area contributed by atoms with E-state index in [-0.39, 0.29) is 5.91 Å². The lowest BCUT2D eigenvalue weighted by molar-refractivity contribution is 0.0956. The van der Waals surface area contributed by atoms with Crippen LogP contribution in [-0.2, 0) is 6.54 Å². The molecule has 0 aliphatic carbocycles. The molecule has 26 heavy (non-hydrogen) atoms. The van der Waals surface area contributed by atoms with Crippen molar-refractivity contribution in [1.82, 2.24) is 14.9 Å². The number of hydrogen-bond acceptors (Lipinski definition) is 3. The summed E-state index contributed by atoms with van der Waals surface area (Å²) in [6.07, 6.45) is 3.74. The van der Waals surface area contributed by atoms with Crippen molar-refractivity contribution in [2.24, 2.45) is 0 Å². The number of nitrogens with zero attached hydrogens (tertiary/aromatic N) is 2. The molecule has 0 fully saturated rings. The Morgan fingerprint density at radius 2 is 1.88 bits per heavy atom. The molecular weight excluding hydrogens is 366 g/mol. The molecular formula is C20H20ClN3OS. The first-order chi connectivity index (χ1) is 12.6. The molecule has 0 bridgehead atoms. The quantitative estimate of drug-likeness (QED) is 0.484. The van der Waals surface area contributed by atoms with Gasteiger partial charge in [-0.15, -0.1) is 11.8 Å². The highest BCUT2D eigenvalue weighted by Crippen LogP contribution is 2.19. The molecule has 4 nitrogen and oxygen atoms in total. The molecule has 0 saturated heterocycles. The van der Waals surface area contributed by atoms with Crippen LogP contribution in [0.3, 0.4) is 0 Å². The number of nitrogens with one attached hydrogen (secondary N) is 1. The van der Waals surface area contributed by atoms with Crippen molar-refractivity contribution in [1.29, 1.82) is 0 Å². The molecule has 0 radical (unpaired) electrons. The first-order valence-electron chi connectivity index (χ1n) is 8.35. The van der Waals surface area contributed by atoms with Crippen LogP contribution < -0.4 is 5.32 Å². The number of amides is 1. The van der Waals surface area contributed by atoms with E-state index in [1.807, 2.05) is 61.7 Å². The molecule has 0 atom stereocenters. The second-order valence-electron chi connectivity index (χ2n) is 5.86. The summed E-state index contributed by atoms with van der Waals surface area (Å²) in [7, 11) is 0. The summed E-state index contributed by atoms with van der Waals surface area (Å²) >= 11 is 7.56. The zero-order valence-corrected chi connectivity index (χ0v) is 16.1. The van der Waals surface area contributed by atoms with Crippen LogP contribution in [0.15, 0.2) is 65.8 Å². The third-order valence-electron chi connectivity index (χ3n) is 3.96. The highest BCUT2D eigenvalue weighted by Gasteiger charge is 2.06. The Kier molecular flexibility index (Phi) is 6.36. The van der Waals surface area contributed by atoms with Crippen LogP contribution >= 0.6 is 23.4 Å². The lowest BCUT2D eigenvalue weighted by atomic mass is 10.1. The predicted molar refractivity (Wildman–Crippen MR) is 107 cm³/mol. The Morgan fingerprint density at radius 1 is 1.15 bits per heavy atom. The lowest BCUT2D eigenvalue weighted by Gasteiger charge is -2.08. The minimum absolute atomic E-state index is 0.0490. The van der Waals surface area contributed by atoms with Crippen molar-refractivity contribution in [2.45, 2.75) is 18.4 Å². The number of halogens is 1. The molecule has 6 heteroatoms. The number of thioether (sulfide) groups is 1. The fourth-order valence-corrected chi connectivity index (χ4v) is 3.39. The molecule has 1 N–H and O–H groups in total. The van der Waals surface area contributed by atoms with Gasteiger partial charge in [0.1, 0.15) is 5.82 Å². The first kappa shape index (κ1) is 18.5. The van der Waals surface area contributed by atoms with E-state index in [1.165, 1.54) is 0 Å². The number of aromatic nitrogens is 2. The minimum Gasteiger partial charge on any atom is -0.351 e. The topological polar surface area (TPSA) is 46.9 Å². The standard InChI is InChI=1S/C20H20ClN3OS/c1-15-22-10-12-24(15)14-16-2-4-17(5-3-16)20(25)23-11-13-26-19-8-6-18(21)7-9-19/h2-10,12H,11,13-14H2,1H3,(H,23,25). The molecule has 0 aliphatic heterocycles. The highest BCUT2D eigenvalue weighted by molar-refractivity contribution is 7.99. The predicted octanol–water partition coefficient (Wildman–Crippen LogP) is 4.42. The maximum Gasteiger partial charge on any atom is 0.251 e. The van der Waals surface area contributed by atoms with Gasteiger partial charge in [-0.3, -0.25) is 4.79 Å². The maximum absolute atomic E-state index is 12.2. The van der Waals surface area contributed by atoms with E-state index in [4.69, 9.17) is 11.6 Å². The van der Waals surface area contributed by atoms with Gasteiger partial charge in [-0.05, 0) is 48.9 Å². The normalized spacial score (nSPS) is 10.7. The van der Waals surface area contributed by atoms with Gasteiger partial charge in [0.05, 0.1) is 0 Å². The second kappa shape index (κ2) is 8.92. The molecule has 3 rings (SSSR count). The van der Waals surface area contributed by atoms with Crippen molar-refractivity contribution >= 4 is 29.3 Å². The van der Waals surface area contributed by atoms with E-state index in [0.29, 0.717) is 12.1 Å². The summed E-state index contributed by atoms with van der Waals surface area (Å²) in [5, 5.41) is 3.68. The summed E-state index contributed by atoms with van der Waals surface area (Å²) in [6.45, 7) is 3.34.